The second-order valence-electron chi connectivity index (χ2n) is 3.32. The number of thiophene rings is 1. The van der Waals surface area contributed by atoms with Crippen molar-refractivity contribution in [2.45, 2.75) is 12.5 Å². The fraction of sp³-hybridized carbons (Fsp3) is 0.333. The van der Waals surface area contributed by atoms with Gasteiger partial charge in [0.15, 0.2) is 5.78 Å². The van der Waals surface area contributed by atoms with E-state index in [9.17, 15) is 9.59 Å². The summed E-state index contributed by atoms with van der Waals surface area (Å²) in [6, 6.07) is -0.204. The third-order valence-corrected chi connectivity index (χ3v) is 5.42. The number of fused-ring (bicyclic) bond motifs is 1. The van der Waals surface area contributed by atoms with Crippen LogP contribution in [-0.4, -0.2) is 17.0 Å². The SMILES string of the molecule is O=C(CBr)NC1CC(=O)c2c(Br)sc(Br)c21. The van der Waals surface area contributed by atoms with E-state index in [1.165, 1.54) is 11.3 Å². The van der Waals surface area contributed by atoms with Crippen LogP contribution in [0.4, 0.5) is 0 Å². The maximum atomic E-state index is 11.8. The molecule has 0 saturated carbocycles. The van der Waals surface area contributed by atoms with E-state index >= 15 is 0 Å². The van der Waals surface area contributed by atoms with Crippen molar-refractivity contribution in [1.82, 2.24) is 5.32 Å². The van der Waals surface area contributed by atoms with Crippen molar-refractivity contribution >= 4 is 70.8 Å². The molecular formula is C9H6Br3NO2S. The first-order chi connectivity index (χ1) is 7.54. The third-order valence-electron chi connectivity index (χ3n) is 2.33. The van der Waals surface area contributed by atoms with Crippen LogP contribution < -0.4 is 5.32 Å². The molecule has 0 aliphatic heterocycles. The lowest BCUT2D eigenvalue weighted by molar-refractivity contribution is -0.119. The molecule has 0 saturated heterocycles. The highest BCUT2D eigenvalue weighted by Gasteiger charge is 2.35. The molecule has 1 aromatic heterocycles. The number of hydrogen-bond acceptors (Lipinski definition) is 3. The second kappa shape index (κ2) is 4.88. The van der Waals surface area contributed by atoms with Gasteiger partial charge in [0, 0.05) is 17.5 Å². The van der Waals surface area contributed by atoms with Gasteiger partial charge in [-0.15, -0.1) is 11.3 Å². The third kappa shape index (κ3) is 2.14. The van der Waals surface area contributed by atoms with Crippen molar-refractivity contribution in [1.29, 1.82) is 0 Å². The van der Waals surface area contributed by atoms with Crippen molar-refractivity contribution in [3.63, 3.8) is 0 Å². The van der Waals surface area contributed by atoms with Crippen LogP contribution in [0.2, 0.25) is 0 Å². The molecule has 1 N–H and O–H groups in total. The molecule has 0 bridgehead atoms. The molecule has 3 nitrogen and oxygen atoms in total. The fourth-order valence-electron chi connectivity index (χ4n) is 1.71. The summed E-state index contributed by atoms with van der Waals surface area (Å²) in [6.45, 7) is 0. The molecule has 1 unspecified atom stereocenters. The highest BCUT2D eigenvalue weighted by molar-refractivity contribution is 9.12. The molecule has 0 aromatic carbocycles. The zero-order valence-electron chi connectivity index (χ0n) is 7.85. The van der Waals surface area contributed by atoms with Crippen molar-refractivity contribution in [3.8, 4) is 0 Å². The molecule has 0 spiro atoms. The quantitative estimate of drug-likeness (QED) is 0.729. The normalized spacial score (nSPS) is 18.7. The summed E-state index contributed by atoms with van der Waals surface area (Å²) < 4.78 is 1.73. The van der Waals surface area contributed by atoms with Crippen molar-refractivity contribution in [2.75, 3.05) is 5.33 Å². The van der Waals surface area contributed by atoms with E-state index in [2.05, 4.69) is 53.1 Å². The van der Waals surface area contributed by atoms with Crippen LogP contribution in [0.5, 0.6) is 0 Å². The predicted molar refractivity (Wildman–Crippen MR) is 73.3 cm³/mol. The summed E-state index contributed by atoms with van der Waals surface area (Å²) in [7, 11) is 0. The fourth-order valence-corrected chi connectivity index (χ4v) is 5.24. The van der Waals surface area contributed by atoms with E-state index in [1.54, 1.807) is 0 Å². The highest BCUT2D eigenvalue weighted by atomic mass is 79.9. The van der Waals surface area contributed by atoms with E-state index in [0.29, 0.717) is 12.0 Å². The minimum absolute atomic E-state index is 0.0729. The van der Waals surface area contributed by atoms with E-state index in [4.69, 9.17) is 0 Å². The minimum atomic E-state index is -0.204. The topological polar surface area (TPSA) is 46.2 Å². The summed E-state index contributed by atoms with van der Waals surface area (Å²) in [5.74, 6) is -0.0384. The van der Waals surface area contributed by atoms with Crippen LogP contribution >= 0.6 is 59.1 Å². The predicted octanol–water partition coefficient (Wildman–Crippen LogP) is 3.41. The van der Waals surface area contributed by atoms with Gasteiger partial charge in [0.1, 0.15) is 0 Å². The Hall–Kier alpha value is 0.280. The summed E-state index contributed by atoms with van der Waals surface area (Å²) in [5.41, 5.74) is 1.60. The molecule has 1 atom stereocenters. The van der Waals surface area contributed by atoms with Crippen LogP contribution in [0.15, 0.2) is 7.57 Å². The molecular weight excluding hydrogens is 426 g/mol. The maximum absolute atomic E-state index is 11.8. The number of Topliss-reactive ketones (excluding diaryl/α,β-unsaturated/α-hetero) is 1. The molecule has 1 aliphatic carbocycles. The Balaban J connectivity index is 2.35. The van der Waals surface area contributed by atoms with Gasteiger partial charge >= 0.3 is 0 Å². The number of carbonyl (C=O) groups excluding carboxylic acids is 2. The van der Waals surface area contributed by atoms with E-state index < -0.39 is 0 Å². The smallest absolute Gasteiger partial charge is 0.231 e. The van der Waals surface area contributed by atoms with E-state index in [-0.39, 0.29) is 23.1 Å². The lowest BCUT2D eigenvalue weighted by atomic mass is 10.2. The summed E-state index contributed by atoms with van der Waals surface area (Å²) in [6.07, 6.45) is 0.341. The second-order valence-corrected chi connectivity index (χ2v) is 7.54. The molecule has 7 heteroatoms. The summed E-state index contributed by atoms with van der Waals surface area (Å²) >= 11 is 11.3. The molecule has 1 amide bonds. The zero-order chi connectivity index (χ0) is 11.9. The number of alkyl halides is 1. The van der Waals surface area contributed by atoms with E-state index in [0.717, 1.165) is 13.1 Å². The molecule has 2 rings (SSSR count). The van der Waals surface area contributed by atoms with Gasteiger partial charge in [-0.2, -0.15) is 0 Å². The van der Waals surface area contributed by atoms with Crippen molar-refractivity contribution in [3.05, 3.63) is 18.7 Å². The maximum Gasteiger partial charge on any atom is 0.231 e. The molecule has 86 valence electrons. The number of ketones is 1. The lowest BCUT2D eigenvalue weighted by Crippen LogP contribution is -2.28. The van der Waals surface area contributed by atoms with Crippen LogP contribution in [-0.2, 0) is 4.79 Å². The number of amides is 1. The standard InChI is InChI=1S/C9H6Br3NO2S/c10-2-5(15)13-3-1-4(14)7-6(3)8(11)16-9(7)12/h3H,1-2H2,(H,13,15). The van der Waals surface area contributed by atoms with Gasteiger partial charge in [0.25, 0.3) is 0 Å². The largest absolute Gasteiger partial charge is 0.348 e. The van der Waals surface area contributed by atoms with Crippen LogP contribution in [0.1, 0.15) is 28.4 Å². The molecule has 16 heavy (non-hydrogen) atoms. The first-order valence-corrected chi connectivity index (χ1v) is 7.93. The first kappa shape index (κ1) is 12.7. The van der Waals surface area contributed by atoms with Gasteiger partial charge in [0.05, 0.1) is 18.9 Å². The van der Waals surface area contributed by atoms with Gasteiger partial charge in [-0.1, -0.05) is 15.9 Å². The van der Waals surface area contributed by atoms with Gasteiger partial charge in [0.2, 0.25) is 5.91 Å². The van der Waals surface area contributed by atoms with Crippen molar-refractivity contribution < 1.29 is 9.59 Å². The molecule has 1 heterocycles. The van der Waals surface area contributed by atoms with Crippen LogP contribution in [0.25, 0.3) is 0 Å². The molecule has 1 aromatic rings. The van der Waals surface area contributed by atoms with Crippen molar-refractivity contribution in [2.24, 2.45) is 0 Å². The number of nitrogens with one attached hydrogen (secondary N) is 1. The molecule has 1 aliphatic rings. The highest BCUT2D eigenvalue weighted by Crippen LogP contribution is 2.46. The Labute approximate surface area is 121 Å². The number of carbonyl (C=O) groups is 2. The van der Waals surface area contributed by atoms with Gasteiger partial charge in [-0.25, -0.2) is 0 Å². The zero-order valence-corrected chi connectivity index (χ0v) is 13.4. The minimum Gasteiger partial charge on any atom is -0.348 e. The number of halogens is 3. The molecule has 0 radical (unpaired) electrons. The Morgan fingerprint density at radius 2 is 2.12 bits per heavy atom. The average Bonchev–Trinajstić information content (AvgIpc) is 2.69. The van der Waals surface area contributed by atoms with Gasteiger partial charge < -0.3 is 5.32 Å². The number of hydrogen-bond donors (Lipinski definition) is 1. The Bertz CT molecular complexity index is 472. The lowest BCUT2D eigenvalue weighted by Gasteiger charge is -2.11. The van der Waals surface area contributed by atoms with Gasteiger partial charge in [-0.05, 0) is 31.9 Å². The Morgan fingerprint density at radius 1 is 1.44 bits per heavy atom. The van der Waals surface area contributed by atoms with E-state index in [1.807, 2.05) is 0 Å². The molecule has 0 fully saturated rings. The van der Waals surface area contributed by atoms with Crippen LogP contribution in [0.3, 0.4) is 0 Å². The summed E-state index contributed by atoms with van der Waals surface area (Å²) in [4.78, 5) is 23.1. The Kier molecular flexibility index (Phi) is 3.88. The average molecular weight is 432 g/mol. The number of rotatable bonds is 2. The Morgan fingerprint density at radius 3 is 2.75 bits per heavy atom. The van der Waals surface area contributed by atoms with Gasteiger partial charge in [-0.3, -0.25) is 9.59 Å². The van der Waals surface area contributed by atoms with Crippen LogP contribution in [0, 0.1) is 0 Å². The summed E-state index contributed by atoms with van der Waals surface area (Å²) in [5, 5.41) is 3.06. The first-order valence-electron chi connectivity index (χ1n) is 4.40. The monoisotopic (exact) mass is 429 g/mol.